The highest BCUT2D eigenvalue weighted by molar-refractivity contribution is 7.91. The quantitative estimate of drug-likeness (QED) is 0.144. The van der Waals surface area contributed by atoms with Crippen LogP contribution in [0, 0.1) is 0 Å². The number of rotatable bonds is 10. The molecule has 0 N–H and O–H groups in total. The fourth-order valence-electron chi connectivity index (χ4n) is 5.98. The van der Waals surface area contributed by atoms with Crippen LogP contribution in [0.5, 0.6) is 11.5 Å². The summed E-state index contributed by atoms with van der Waals surface area (Å²) in [6, 6.07) is 28.7. The highest BCUT2D eigenvalue weighted by Crippen LogP contribution is 2.45. The molecular formula is C36H36O6S. The Hall–Kier alpha value is -4.23. The van der Waals surface area contributed by atoms with Gasteiger partial charge in [0, 0.05) is 11.8 Å². The summed E-state index contributed by atoms with van der Waals surface area (Å²) in [6.45, 7) is 1.49. The predicted molar refractivity (Wildman–Crippen MR) is 165 cm³/mol. The zero-order valence-electron chi connectivity index (χ0n) is 24.5. The van der Waals surface area contributed by atoms with Crippen molar-refractivity contribution in [1.82, 2.24) is 0 Å². The average molecular weight is 597 g/mol. The molecule has 0 radical (unpaired) electrons. The number of methoxy groups -OCH3 is 1. The zero-order valence-corrected chi connectivity index (χ0v) is 25.4. The van der Waals surface area contributed by atoms with Gasteiger partial charge in [0.2, 0.25) is 9.84 Å². The van der Waals surface area contributed by atoms with Gasteiger partial charge in [-0.25, -0.2) is 8.42 Å². The normalized spacial score (nSPS) is 14.6. The van der Waals surface area contributed by atoms with Crippen molar-refractivity contribution >= 4 is 21.6 Å². The monoisotopic (exact) mass is 596 g/mol. The van der Waals surface area contributed by atoms with Gasteiger partial charge in [-0.1, -0.05) is 67.8 Å². The van der Waals surface area contributed by atoms with Crippen LogP contribution >= 0.6 is 0 Å². The molecule has 7 heteroatoms. The third-order valence-electron chi connectivity index (χ3n) is 8.26. The number of hydrogen-bond donors (Lipinski definition) is 0. The molecule has 5 rings (SSSR count). The van der Waals surface area contributed by atoms with Crippen LogP contribution in [0.4, 0.5) is 0 Å². The smallest absolute Gasteiger partial charge is 0.315 e. The number of Topliss-reactive ketones (excluding diaryl/α,β-unsaturated/α-hetero) is 1. The number of carbonyl (C=O) groups excluding carboxylic acids is 2. The molecule has 0 aromatic heterocycles. The van der Waals surface area contributed by atoms with Gasteiger partial charge in [-0.05, 0) is 90.6 Å². The first kappa shape index (κ1) is 30.2. The molecule has 4 aromatic rings. The zero-order chi connectivity index (χ0) is 30.5. The van der Waals surface area contributed by atoms with Crippen LogP contribution in [0.3, 0.4) is 0 Å². The molecular weight excluding hydrogens is 560 g/mol. The lowest BCUT2D eigenvalue weighted by Gasteiger charge is -2.38. The average Bonchev–Trinajstić information content (AvgIpc) is 3.02. The van der Waals surface area contributed by atoms with Crippen LogP contribution in [-0.4, -0.2) is 27.3 Å². The maximum absolute atomic E-state index is 13.1. The number of ketones is 1. The minimum absolute atomic E-state index is 0.0115. The van der Waals surface area contributed by atoms with E-state index in [1.807, 2.05) is 24.3 Å². The minimum Gasteiger partial charge on any atom is -0.497 e. The highest BCUT2D eigenvalue weighted by Gasteiger charge is 2.35. The Kier molecular flexibility index (Phi) is 9.11. The Labute approximate surface area is 253 Å². The van der Waals surface area contributed by atoms with Crippen molar-refractivity contribution in [3.05, 3.63) is 119 Å². The van der Waals surface area contributed by atoms with Gasteiger partial charge in [-0.15, -0.1) is 0 Å². The van der Waals surface area contributed by atoms with E-state index in [0.717, 1.165) is 37.0 Å². The summed E-state index contributed by atoms with van der Waals surface area (Å²) in [7, 11) is -2.06. The van der Waals surface area contributed by atoms with Gasteiger partial charge < -0.3 is 9.47 Å². The Bertz CT molecular complexity index is 1670. The molecule has 0 bridgehead atoms. The van der Waals surface area contributed by atoms with E-state index >= 15 is 0 Å². The van der Waals surface area contributed by atoms with Crippen molar-refractivity contribution in [3.63, 3.8) is 0 Å². The molecule has 1 saturated carbocycles. The summed E-state index contributed by atoms with van der Waals surface area (Å²) in [5.41, 5.74) is 3.82. The first-order chi connectivity index (χ1) is 20.7. The molecule has 0 unspecified atom stereocenters. The molecule has 6 nitrogen and oxygen atoms in total. The van der Waals surface area contributed by atoms with Gasteiger partial charge in [0.15, 0.2) is 0 Å². The second-order valence-electron chi connectivity index (χ2n) is 11.2. The van der Waals surface area contributed by atoms with Gasteiger partial charge in [-0.2, -0.15) is 0 Å². The molecule has 0 spiro atoms. The summed E-state index contributed by atoms with van der Waals surface area (Å²) in [5, 5.41) is 0. The Morgan fingerprint density at radius 2 is 1.12 bits per heavy atom. The third kappa shape index (κ3) is 6.89. The van der Waals surface area contributed by atoms with E-state index in [0.29, 0.717) is 11.3 Å². The molecule has 0 amide bonds. The van der Waals surface area contributed by atoms with E-state index in [4.69, 9.17) is 9.47 Å². The van der Waals surface area contributed by atoms with Gasteiger partial charge in [-0.3, -0.25) is 9.59 Å². The van der Waals surface area contributed by atoms with Crippen molar-refractivity contribution < 1.29 is 27.5 Å². The van der Waals surface area contributed by atoms with E-state index in [1.165, 1.54) is 48.7 Å². The number of esters is 1. The van der Waals surface area contributed by atoms with Crippen molar-refractivity contribution in [2.24, 2.45) is 0 Å². The van der Waals surface area contributed by atoms with E-state index in [-0.39, 0.29) is 33.8 Å². The van der Waals surface area contributed by atoms with Gasteiger partial charge in [0.05, 0.1) is 23.3 Å². The van der Waals surface area contributed by atoms with Crippen LogP contribution in [-0.2, 0) is 37.7 Å². The summed E-state index contributed by atoms with van der Waals surface area (Å²) in [5.74, 6) is 0.901. The van der Waals surface area contributed by atoms with E-state index in [9.17, 15) is 18.0 Å². The van der Waals surface area contributed by atoms with E-state index in [2.05, 4.69) is 24.3 Å². The molecule has 4 aromatic carbocycles. The second-order valence-corrected chi connectivity index (χ2v) is 13.2. The van der Waals surface area contributed by atoms with E-state index < -0.39 is 15.8 Å². The van der Waals surface area contributed by atoms with Crippen LogP contribution in [0.25, 0.3) is 0 Å². The van der Waals surface area contributed by atoms with Crippen LogP contribution in [0.1, 0.15) is 61.3 Å². The Morgan fingerprint density at radius 3 is 1.58 bits per heavy atom. The number of hydrogen-bond acceptors (Lipinski definition) is 6. The lowest BCUT2D eigenvalue weighted by Crippen LogP contribution is -2.30. The molecule has 0 saturated heterocycles. The lowest BCUT2D eigenvalue weighted by atomic mass is 9.65. The summed E-state index contributed by atoms with van der Waals surface area (Å²) >= 11 is 0. The first-order valence-electron chi connectivity index (χ1n) is 14.6. The Morgan fingerprint density at radius 1 is 0.651 bits per heavy atom. The van der Waals surface area contributed by atoms with Crippen molar-refractivity contribution in [1.29, 1.82) is 0 Å². The second kappa shape index (κ2) is 13.0. The molecule has 222 valence electrons. The maximum atomic E-state index is 13.1. The van der Waals surface area contributed by atoms with Crippen molar-refractivity contribution in [3.8, 4) is 11.5 Å². The molecule has 43 heavy (non-hydrogen) atoms. The summed E-state index contributed by atoms with van der Waals surface area (Å²) < 4.78 is 37.1. The molecule has 0 atom stereocenters. The van der Waals surface area contributed by atoms with Crippen molar-refractivity contribution in [2.75, 3.05) is 7.11 Å². The number of sulfone groups is 1. The maximum Gasteiger partial charge on any atom is 0.315 e. The van der Waals surface area contributed by atoms with Crippen molar-refractivity contribution in [2.45, 2.75) is 67.1 Å². The summed E-state index contributed by atoms with van der Waals surface area (Å²) in [6.07, 6.45) is 5.96. The molecule has 1 fully saturated rings. The standard InChI is InChI=1S/C36H36O6S/c1-26(37)24-27-6-18-33(19-7-27)43(39,40)34-20-8-28(9-21-34)25-35(38)42-32-16-12-30(13-17-32)36(22-4-3-5-23-36)29-10-14-31(41-2)15-11-29/h6-21H,3-5,22-25H2,1-2H3. The van der Waals surface area contributed by atoms with Gasteiger partial charge in [0.25, 0.3) is 0 Å². The van der Waals surface area contributed by atoms with Gasteiger partial charge in [0.1, 0.15) is 17.3 Å². The number of ether oxygens (including phenoxy) is 2. The fourth-order valence-corrected chi connectivity index (χ4v) is 7.24. The lowest BCUT2D eigenvalue weighted by molar-refractivity contribution is -0.133. The summed E-state index contributed by atoms with van der Waals surface area (Å²) in [4.78, 5) is 24.4. The minimum atomic E-state index is -3.73. The number of benzene rings is 4. The predicted octanol–water partition coefficient (Wildman–Crippen LogP) is 7.06. The van der Waals surface area contributed by atoms with Gasteiger partial charge >= 0.3 is 5.97 Å². The first-order valence-corrected chi connectivity index (χ1v) is 16.1. The fraction of sp³-hybridized carbons (Fsp3) is 0.278. The van der Waals surface area contributed by atoms with Crippen LogP contribution in [0.2, 0.25) is 0 Å². The Balaban J connectivity index is 1.24. The molecule has 0 aliphatic heterocycles. The topological polar surface area (TPSA) is 86.7 Å². The SMILES string of the molecule is COc1ccc(C2(c3ccc(OC(=O)Cc4ccc(S(=O)(=O)c5ccc(CC(C)=O)cc5)cc4)cc3)CCCCC2)cc1. The molecule has 0 heterocycles. The van der Waals surface area contributed by atoms with Crippen LogP contribution in [0.15, 0.2) is 107 Å². The highest BCUT2D eigenvalue weighted by atomic mass is 32.2. The third-order valence-corrected chi connectivity index (χ3v) is 10.0. The largest absolute Gasteiger partial charge is 0.497 e. The molecule has 1 aliphatic rings. The molecule has 1 aliphatic carbocycles. The van der Waals surface area contributed by atoms with Crippen LogP contribution < -0.4 is 9.47 Å². The number of carbonyl (C=O) groups is 2. The van der Waals surface area contributed by atoms with E-state index in [1.54, 1.807) is 31.4 Å².